The molecule has 0 aliphatic heterocycles. The van der Waals surface area contributed by atoms with E-state index in [0.29, 0.717) is 5.76 Å². The Morgan fingerprint density at radius 2 is 1.93 bits per heavy atom. The summed E-state index contributed by atoms with van der Waals surface area (Å²) < 4.78 is 4.78. The van der Waals surface area contributed by atoms with Gasteiger partial charge in [-0.05, 0) is 13.0 Å². The molecule has 0 atom stereocenters. The van der Waals surface area contributed by atoms with Crippen molar-refractivity contribution in [1.29, 1.82) is 0 Å². The molecule has 0 aliphatic rings. The van der Waals surface area contributed by atoms with E-state index in [9.17, 15) is 4.79 Å². The lowest BCUT2D eigenvalue weighted by Gasteiger charge is -2.06. The van der Waals surface area contributed by atoms with Crippen molar-refractivity contribution < 1.29 is 19.3 Å². The van der Waals surface area contributed by atoms with E-state index in [1.54, 1.807) is 19.1 Å². The van der Waals surface area contributed by atoms with Crippen LogP contribution in [0.5, 0.6) is 0 Å². The molecule has 0 aromatic rings. The fraction of sp³-hybridized carbons (Fsp3) is 0.364. The van der Waals surface area contributed by atoms with Crippen molar-refractivity contribution in [3.05, 3.63) is 37.1 Å². The molecule has 0 fully saturated rings. The summed E-state index contributed by atoms with van der Waals surface area (Å²) in [6, 6.07) is 0. The summed E-state index contributed by atoms with van der Waals surface area (Å²) >= 11 is 0. The third kappa shape index (κ3) is 7.52. The van der Waals surface area contributed by atoms with Crippen LogP contribution >= 0.6 is 0 Å². The lowest BCUT2D eigenvalue weighted by molar-refractivity contribution is -0.254. The fourth-order valence-corrected chi connectivity index (χ4v) is 0.683. The van der Waals surface area contributed by atoms with E-state index in [2.05, 4.69) is 13.2 Å². The van der Waals surface area contributed by atoms with E-state index >= 15 is 0 Å². The van der Waals surface area contributed by atoms with Crippen LogP contribution in [0.15, 0.2) is 37.1 Å². The van der Waals surface area contributed by atoms with Gasteiger partial charge in [0.2, 0.25) is 0 Å². The lowest BCUT2D eigenvalue weighted by Crippen LogP contribution is -2.07. The third-order valence-electron chi connectivity index (χ3n) is 1.35. The highest BCUT2D eigenvalue weighted by Crippen LogP contribution is 2.05. The Bertz CT molecular complexity index is 243. The Hall–Kier alpha value is -1.55. The van der Waals surface area contributed by atoms with Gasteiger partial charge in [0.1, 0.15) is 25.4 Å². The fourth-order valence-electron chi connectivity index (χ4n) is 0.683. The Morgan fingerprint density at radius 3 is 2.47 bits per heavy atom. The first kappa shape index (κ1) is 13.4. The Kier molecular flexibility index (Phi) is 8.09. The van der Waals surface area contributed by atoms with E-state index in [1.165, 1.54) is 6.08 Å². The maximum atomic E-state index is 11.1. The van der Waals surface area contributed by atoms with Crippen LogP contribution in [-0.4, -0.2) is 19.2 Å². The van der Waals surface area contributed by atoms with Gasteiger partial charge < -0.3 is 9.62 Å². The molecular weight excluding hydrogens is 196 g/mol. The third-order valence-corrected chi connectivity index (χ3v) is 1.35. The molecule has 84 valence electrons. The van der Waals surface area contributed by atoms with E-state index < -0.39 is 0 Å². The minimum absolute atomic E-state index is 0.0431. The summed E-state index contributed by atoms with van der Waals surface area (Å²) in [7, 11) is 0. The van der Waals surface area contributed by atoms with Crippen molar-refractivity contribution in [2.75, 3.05) is 13.2 Å². The highest BCUT2D eigenvalue weighted by atomic mass is 17.2. The van der Waals surface area contributed by atoms with Gasteiger partial charge in [-0.2, -0.15) is 4.89 Å². The molecule has 0 bridgehead atoms. The topological polar surface area (TPSA) is 44.8 Å². The standard InChI is InChI=1S/C11H16O4/c1-4-7-13-11(12)9-10(6-3)15-14-8-5-2/h4-6H,1-2,7-9H2,3H3/b10-6+. The molecule has 0 spiro atoms. The first-order valence-electron chi connectivity index (χ1n) is 4.56. The van der Waals surface area contributed by atoms with Crippen LogP contribution in [0.1, 0.15) is 13.3 Å². The molecule has 0 saturated heterocycles. The maximum Gasteiger partial charge on any atom is 0.313 e. The van der Waals surface area contributed by atoms with E-state index in [-0.39, 0.29) is 25.6 Å². The molecule has 0 aromatic heterocycles. The van der Waals surface area contributed by atoms with Gasteiger partial charge in [0, 0.05) is 0 Å². The zero-order valence-electron chi connectivity index (χ0n) is 8.90. The quantitative estimate of drug-likeness (QED) is 0.154. The van der Waals surface area contributed by atoms with Crippen molar-refractivity contribution in [1.82, 2.24) is 0 Å². The number of hydrogen-bond acceptors (Lipinski definition) is 4. The first-order valence-corrected chi connectivity index (χ1v) is 4.56. The van der Waals surface area contributed by atoms with Crippen LogP contribution in [0.4, 0.5) is 0 Å². The smallest absolute Gasteiger partial charge is 0.313 e. The van der Waals surface area contributed by atoms with Crippen molar-refractivity contribution in [2.45, 2.75) is 13.3 Å². The minimum Gasteiger partial charge on any atom is -0.461 e. The second-order valence-electron chi connectivity index (χ2n) is 2.56. The van der Waals surface area contributed by atoms with Crippen molar-refractivity contribution in [3.63, 3.8) is 0 Å². The molecule has 0 heterocycles. The molecule has 0 saturated carbocycles. The minimum atomic E-state index is -0.384. The highest BCUT2D eigenvalue weighted by Gasteiger charge is 2.07. The maximum absolute atomic E-state index is 11.1. The first-order chi connectivity index (χ1) is 7.24. The van der Waals surface area contributed by atoms with Crippen LogP contribution in [0.3, 0.4) is 0 Å². The van der Waals surface area contributed by atoms with E-state index in [1.807, 2.05) is 0 Å². The van der Waals surface area contributed by atoms with Gasteiger partial charge in [0.25, 0.3) is 0 Å². The zero-order chi connectivity index (χ0) is 11.5. The number of rotatable bonds is 8. The van der Waals surface area contributed by atoms with Gasteiger partial charge in [-0.15, -0.1) is 6.58 Å². The molecule has 0 amide bonds. The predicted molar refractivity (Wildman–Crippen MR) is 56.8 cm³/mol. The average Bonchev–Trinajstić information content (AvgIpc) is 2.25. The second-order valence-corrected chi connectivity index (χ2v) is 2.56. The Balaban J connectivity index is 3.83. The second kappa shape index (κ2) is 9.02. The average molecular weight is 212 g/mol. The highest BCUT2D eigenvalue weighted by molar-refractivity contribution is 5.71. The van der Waals surface area contributed by atoms with E-state index in [4.69, 9.17) is 14.5 Å². The molecule has 4 nitrogen and oxygen atoms in total. The summed E-state index contributed by atoms with van der Waals surface area (Å²) in [5.74, 6) is 0.0242. The van der Waals surface area contributed by atoms with Gasteiger partial charge in [0.05, 0.1) is 0 Å². The SMILES string of the molecule is C=CCOO/C(=C/C)CC(=O)OCC=C. The number of allylic oxidation sites excluding steroid dienone is 1. The van der Waals surface area contributed by atoms with Gasteiger partial charge in [-0.25, -0.2) is 0 Å². The predicted octanol–water partition coefficient (Wildman–Crippen LogP) is 2.14. The number of carbonyl (C=O) groups is 1. The van der Waals surface area contributed by atoms with Crippen molar-refractivity contribution in [3.8, 4) is 0 Å². The van der Waals surface area contributed by atoms with Gasteiger partial charge in [-0.3, -0.25) is 4.79 Å². The molecule has 4 heteroatoms. The molecule has 0 aromatic carbocycles. The molecule has 0 unspecified atom stereocenters. The summed E-state index contributed by atoms with van der Waals surface area (Å²) in [6.45, 7) is 9.10. The van der Waals surface area contributed by atoms with Crippen LogP contribution in [0.2, 0.25) is 0 Å². The van der Waals surface area contributed by atoms with Crippen LogP contribution in [0.25, 0.3) is 0 Å². The molecule has 15 heavy (non-hydrogen) atoms. The van der Waals surface area contributed by atoms with Crippen molar-refractivity contribution >= 4 is 5.97 Å². The monoisotopic (exact) mass is 212 g/mol. The summed E-state index contributed by atoms with van der Waals surface area (Å²) in [6.07, 6.45) is 4.73. The van der Waals surface area contributed by atoms with Gasteiger partial charge in [0.15, 0.2) is 0 Å². The number of esters is 1. The Labute approximate surface area is 89.8 Å². The summed E-state index contributed by atoms with van der Waals surface area (Å²) in [4.78, 5) is 20.7. The number of ether oxygens (including phenoxy) is 1. The van der Waals surface area contributed by atoms with Crippen LogP contribution in [0, 0.1) is 0 Å². The molecule has 0 N–H and O–H groups in total. The number of hydrogen-bond donors (Lipinski definition) is 0. The Morgan fingerprint density at radius 1 is 1.27 bits per heavy atom. The molecule has 0 aliphatic carbocycles. The largest absolute Gasteiger partial charge is 0.461 e. The summed E-state index contributed by atoms with van der Waals surface area (Å²) in [5, 5.41) is 0. The molecule has 0 rings (SSSR count). The van der Waals surface area contributed by atoms with Crippen LogP contribution in [-0.2, 0) is 19.3 Å². The lowest BCUT2D eigenvalue weighted by atomic mass is 10.3. The summed E-state index contributed by atoms with van der Waals surface area (Å²) in [5.41, 5.74) is 0. The van der Waals surface area contributed by atoms with E-state index in [0.717, 1.165) is 0 Å². The number of carbonyl (C=O) groups excluding carboxylic acids is 1. The van der Waals surface area contributed by atoms with Crippen molar-refractivity contribution in [2.24, 2.45) is 0 Å². The molecular formula is C11H16O4. The molecule has 0 radical (unpaired) electrons. The van der Waals surface area contributed by atoms with Gasteiger partial charge in [-0.1, -0.05) is 18.7 Å². The zero-order valence-corrected chi connectivity index (χ0v) is 8.90. The van der Waals surface area contributed by atoms with Gasteiger partial charge >= 0.3 is 5.97 Å². The normalized spacial score (nSPS) is 10.6. The van der Waals surface area contributed by atoms with Crippen LogP contribution < -0.4 is 0 Å².